The number of hydrogen-bond acceptors (Lipinski definition) is 16. The molecule has 9 aromatic rings. The van der Waals surface area contributed by atoms with E-state index in [1.807, 2.05) is 166 Å². The van der Waals surface area contributed by atoms with E-state index in [1.165, 1.54) is 0 Å². The van der Waals surface area contributed by atoms with Crippen molar-refractivity contribution in [3.05, 3.63) is 194 Å². The van der Waals surface area contributed by atoms with Crippen LogP contribution in [0.4, 0.5) is 0 Å². The Morgan fingerprint density at radius 3 is 1.05 bits per heavy atom. The monoisotopic (exact) mass is 1240 g/mol. The third-order valence-corrected chi connectivity index (χ3v) is 16.9. The highest BCUT2D eigenvalue weighted by Crippen LogP contribution is 2.32. The Labute approximate surface area is 537 Å². The maximum absolute atomic E-state index is 13.6. The van der Waals surface area contributed by atoms with Gasteiger partial charge in [0.25, 0.3) is 16.7 Å². The molecule has 0 aliphatic carbocycles. The van der Waals surface area contributed by atoms with Crippen LogP contribution >= 0.6 is 0 Å². The standard InChI is InChI=1S/C24H30N4O3.C23H28N4O2.C22H26N4O2.3CH4/c1-3-31-22-11-7-6-10-21(22)28-23(25-20-9-5-4-8-19(20)24(28)30)18(2)27-14-12-26(13-15-27)16-17-29;1-4-29-21-12-8-7-11-20(21)27-22(17(2)26-15-13-25(3)14-16-26)24-19-10-6-5-9-18(19)23(27)28;1-3-28-20-11-7-6-10-19(20)26-21(16(2)25-14-12-23-13-15-25)24-18-9-5-4-8-17(18)22(26)27;;;/h4-11,18,29H,3,12-17H2,1-2H3;5-12,17H,4,13-16H2,1-3H3;4-11,16,23H,3,12-15H2,1-2H3;3*1H4. The molecule has 6 aromatic carbocycles. The van der Waals surface area contributed by atoms with Gasteiger partial charge in [0.05, 0.1) is 94.3 Å². The third kappa shape index (κ3) is 15.8. The third-order valence-electron chi connectivity index (χ3n) is 16.9. The number of aliphatic hydroxyl groups excluding tert-OH is 1. The molecule has 3 unspecified atom stereocenters. The second-order valence-corrected chi connectivity index (χ2v) is 22.3. The highest BCUT2D eigenvalue weighted by molar-refractivity contribution is 5.80. The van der Waals surface area contributed by atoms with Crippen molar-refractivity contribution in [3.63, 3.8) is 0 Å². The Morgan fingerprint density at radius 1 is 0.429 bits per heavy atom. The van der Waals surface area contributed by atoms with Gasteiger partial charge in [-0.3, -0.25) is 47.7 Å². The number of para-hydroxylation sites is 9. The zero-order valence-corrected chi connectivity index (χ0v) is 51.9. The van der Waals surface area contributed by atoms with Crippen LogP contribution in [0.25, 0.3) is 49.8 Å². The number of aliphatic hydroxyl groups is 1. The van der Waals surface area contributed by atoms with Gasteiger partial charge >= 0.3 is 0 Å². The Morgan fingerprint density at radius 2 is 0.725 bits per heavy atom. The molecule has 3 aliphatic heterocycles. The molecular formula is C72H96N12O7. The number of aromatic nitrogens is 6. The normalized spacial score (nSPS) is 16.0. The highest BCUT2D eigenvalue weighted by Gasteiger charge is 2.30. The van der Waals surface area contributed by atoms with Crippen LogP contribution in [0.3, 0.4) is 0 Å². The molecule has 91 heavy (non-hydrogen) atoms. The van der Waals surface area contributed by atoms with E-state index < -0.39 is 0 Å². The van der Waals surface area contributed by atoms with Crippen molar-refractivity contribution in [1.29, 1.82) is 0 Å². The van der Waals surface area contributed by atoms with Crippen LogP contribution in [0, 0.1) is 0 Å². The van der Waals surface area contributed by atoms with Crippen LogP contribution in [-0.4, -0.2) is 177 Å². The Balaban J connectivity index is 0.000000191. The molecule has 0 amide bonds. The average molecular weight is 1240 g/mol. The summed E-state index contributed by atoms with van der Waals surface area (Å²) in [6.45, 7) is 25.8. The molecule has 0 spiro atoms. The molecule has 19 heteroatoms. The summed E-state index contributed by atoms with van der Waals surface area (Å²) >= 11 is 0. The number of benzene rings is 6. The van der Waals surface area contributed by atoms with Crippen molar-refractivity contribution in [2.45, 2.75) is 81.9 Å². The fraction of sp³-hybridized carbons (Fsp3) is 0.417. The molecule has 0 bridgehead atoms. The summed E-state index contributed by atoms with van der Waals surface area (Å²) in [5.74, 6) is 4.28. The first-order valence-corrected chi connectivity index (χ1v) is 31.1. The van der Waals surface area contributed by atoms with Crippen molar-refractivity contribution in [1.82, 2.24) is 58.5 Å². The first-order valence-electron chi connectivity index (χ1n) is 31.1. The van der Waals surface area contributed by atoms with Crippen LogP contribution in [0.1, 0.15) is 99.4 Å². The minimum absolute atomic E-state index is 0. The molecule has 0 saturated carbocycles. The minimum atomic E-state index is -0.0847. The molecule has 2 N–H and O–H groups in total. The van der Waals surface area contributed by atoms with Crippen molar-refractivity contribution >= 4 is 32.7 Å². The summed E-state index contributed by atoms with van der Waals surface area (Å²) in [5, 5.41) is 14.4. The molecule has 3 aromatic heterocycles. The molecule has 0 radical (unpaired) electrons. The summed E-state index contributed by atoms with van der Waals surface area (Å²) in [6, 6.07) is 45.6. The van der Waals surface area contributed by atoms with Crippen LogP contribution in [0.2, 0.25) is 0 Å². The summed E-state index contributed by atoms with van der Waals surface area (Å²) in [6.07, 6.45) is 0. The van der Waals surface area contributed by atoms with Gasteiger partial charge in [-0.05, 0) is 121 Å². The summed E-state index contributed by atoms with van der Waals surface area (Å²) in [7, 11) is 2.14. The highest BCUT2D eigenvalue weighted by atomic mass is 16.5. The smallest absolute Gasteiger partial charge is 0.266 e. The number of β-amino-alcohol motifs (C(OH)–C–C–N with tert-alkyl or cyclic N) is 1. The number of nitrogens with zero attached hydrogens (tertiary/aromatic N) is 11. The van der Waals surface area contributed by atoms with Gasteiger partial charge in [0, 0.05) is 85.1 Å². The quantitative estimate of drug-likeness (QED) is 0.0878. The summed E-state index contributed by atoms with van der Waals surface area (Å²) < 4.78 is 22.7. The molecule has 6 heterocycles. The van der Waals surface area contributed by atoms with Gasteiger partial charge in [0.2, 0.25) is 0 Å². The molecule has 3 fully saturated rings. The first kappa shape index (κ1) is 70.3. The molecule has 486 valence electrons. The molecule has 3 atom stereocenters. The van der Waals surface area contributed by atoms with Gasteiger partial charge in [-0.25, -0.2) is 15.0 Å². The van der Waals surface area contributed by atoms with Crippen LogP contribution in [0.5, 0.6) is 17.2 Å². The van der Waals surface area contributed by atoms with Gasteiger partial charge in [-0.15, -0.1) is 0 Å². The SMILES string of the molecule is C.C.C.CCOc1ccccc1-n1c(C(C)N2CCN(C)CC2)nc2ccccc2c1=O.CCOc1ccccc1-n1c(C(C)N2CCN(CCO)CC2)nc2ccccc2c1=O.CCOc1ccccc1-n1c(C(C)N2CCNCC2)nc2ccccc2c1=O. The van der Waals surface area contributed by atoms with Crippen molar-refractivity contribution < 1.29 is 19.3 Å². The minimum Gasteiger partial charge on any atom is -0.492 e. The lowest BCUT2D eigenvalue weighted by Gasteiger charge is -2.38. The van der Waals surface area contributed by atoms with E-state index in [1.54, 1.807) is 13.7 Å². The topological polar surface area (TPSA) is 181 Å². The molecule has 12 rings (SSSR count). The second kappa shape index (κ2) is 33.3. The van der Waals surface area contributed by atoms with E-state index in [0.717, 1.165) is 113 Å². The number of piperazine rings is 3. The molecule has 19 nitrogen and oxygen atoms in total. The van der Waals surface area contributed by atoms with Crippen LogP contribution in [0.15, 0.2) is 160 Å². The number of rotatable bonds is 17. The van der Waals surface area contributed by atoms with Crippen molar-refractivity contribution in [2.24, 2.45) is 0 Å². The lowest BCUT2D eigenvalue weighted by atomic mass is 10.1. The second-order valence-electron chi connectivity index (χ2n) is 22.3. The number of hydrogen-bond donors (Lipinski definition) is 2. The fourth-order valence-corrected chi connectivity index (χ4v) is 12.0. The largest absolute Gasteiger partial charge is 0.492 e. The lowest BCUT2D eigenvalue weighted by Crippen LogP contribution is -2.48. The number of ether oxygens (including phenoxy) is 3. The van der Waals surface area contributed by atoms with Gasteiger partial charge < -0.3 is 29.5 Å². The van der Waals surface area contributed by atoms with Crippen LogP contribution in [-0.2, 0) is 0 Å². The van der Waals surface area contributed by atoms with E-state index >= 15 is 0 Å². The number of fused-ring (bicyclic) bond motifs is 3. The van der Waals surface area contributed by atoms with Crippen molar-refractivity contribution in [2.75, 3.05) is 119 Å². The van der Waals surface area contributed by atoms with E-state index in [9.17, 15) is 19.5 Å². The van der Waals surface area contributed by atoms with Crippen molar-refractivity contribution in [3.8, 4) is 34.3 Å². The maximum Gasteiger partial charge on any atom is 0.266 e. The maximum atomic E-state index is 13.6. The van der Waals surface area contributed by atoms with E-state index in [4.69, 9.17) is 29.2 Å². The first-order chi connectivity index (χ1) is 42.9. The van der Waals surface area contributed by atoms with Gasteiger partial charge in [-0.1, -0.05) is 95.1 Å². The zero-order valence-electron chi connectivity index (χ0n) is 51.9. The Kier molecular flexibility index (Phi) is 25.7. The zero-order chi connectivity index (χ0) is 61.7. The Hall–Kier alpha value is -8.14. The molecular weight excluding hydrogens is 1140 g/mol. The predicted octanol–water partition coefficient (Wildman–Crippen LogP) is 10.2. The lowest BCUT2D eigenvalue weighted by molar-refractivity contribution is 0.0854. The van der Waals surface area contributed by atoms with Gasteiger partial charge in [-0.2, -0.15) is 0 Å². The van der Waals surface area contributed by atoms with Crippen LogP contribution < -0.4 is 36.2 Å². The predicted molar refractivity (Wildman–Crippen MR) is 370 cm³/mol. The fourth-order valence-electron chi connectivity index (χ4n) is 12.0. The average Bonchev–Trinajstić information content (AvgIpc) is 0.792. The summed E-state index contributed by atoms with van der Waals surface area (Å²) in [5.41, 5.74) is 4.17. The number of nitrogens with one attached hydrogen (secondary N) is 1. The molecule has 3 aliphatic rings. The number of likely N-dealkylation sites (N-methyl/N-ethyl adjacent to an activating group) is 1. The summed E-state index contributed by atoms with van der Waals surface area (Å²) in [4.78, 5) is 67.3. The Bertz CT molecular complexity index is 3980. The van der Waals surface area contributed by atoms with E-state index in [-0.39, 0.29) is 63.7 Å². The molecule has 3 saturated heterocycles. The van der Waals surface area contributed by atoms with E-state index in [0.29, 0.717) is 76.8 Å². The van der Waals surface area contributed by atoms with E-state index in [2.05, 4.69) is 57.6 Å². The van der Waals surface area contributed by atoms with Gasteiger partial charge in [0.15, 0.2) is 0 Å². The van der Waals surface area contributed by atoms with Gasteiger partial charge in [0.1, 0.15) is 34.7 Å².